The molecule has 0 aliphatic carbocycles. The molecule has 1 heterocycles. The number of hydrogen-bond donors (Lipinski definition) is 3. The maximum Gasteiger partial charge on any atom is 0.416 e. The monoisotopic (exact) mass is 427 g/mol. The van der Waals surface area contributed by atoms with Gasteiger partial charge in [-0.2, -0.15) is 13.2 Å². The van der Waals surface area contributed by atoms with Crippen molar-refractivity contribution >= 4 is 11.9 Å². The number of aromatic nitrogens is 2. The van der Waals surface area contributed by atoms with Gasteiger partial charge in [-0.25, -0.2) is 4.98 Å². The molecule has 0 radical (unpaired) electrons. The Kier molecular flexibility index (Phi) is 7.60. The summed E-state index contributed by atoms with van der Waals surface area (Å²) in [6.45, 7) is 3.55. The number of carboxylic acid groups (broad SMARTS) is 2. The Bertz CT molecular complexity index is 880. The third-order valence-corrected chi connectivity index (χ3v) is 4.58. The lowest BCUT2D eigenvalue weighted by Crippen LogP contribution is -2.41. The summed E-state index contributed by atoms with van der Waals surface area (Å²) in [5.41, 5.74) is -0.193. The highest BCUT2D eigenvalue weighted by Crippen LogP contribution is 2.30. The molecule has 7 nitrogen and oxygen atoms in total. The van der Waals surface area contributed by atoms with Gasteiger partial charge in [0.1, 0.15) is 12.0 Å². The third-order valence-electron chi connectivity index (χ3n) is 4.58. The van der Waals surface area contributed by atoms with E-state index in [1.807, 2.05) is 13.8 Å². The van der Waals surface area contributed by atoms with E-state index >= 15 is 0 Å². The van der Waals surface area contributed by atoms with E-state index in [2.05, 4.69) is 10.3 Å². The number of halogens is 3. The number of carbonyl (C=O) groups is 2. The molecule has 0 amide bonds. The summed E-state index contributed by atoms with van der Waals surface area (Å²) >= 11 is 0. The lowest BCUT2D eigenvalue weighted by atomic mass is 10.0. The summed E-state index contributed by atoms with van der Waals surface area (Å²) in [5.74, 6) is -3.30. The van der Waals surface area contributed by atoms with Gasteiger partial charge in [-0.1, -0.05) is 26.0 Å². The summed E-state index contributed by atoms with van der Waals surface area (Å²) in [4.78, 5) is 27.2. The predicted molar refractivity (Wildman–Crippen MR) is 102 cm³/mol. The van der Waals surface area contributed by atoms with E-state index in [0.29, 0.717) is 12.0 Å². The molecular formula is C20H24F3N3O4. The molecule has 164 valence electrons. The Morgan fingerprint density at radius 3 is 2.47 bits per heavy atom. The van der Waals surface area contributed by atoms with Crippen molar-refractivity contribution in [2.24, 2.45) is 5.92 Å². The molecule has 0 saturated heterocycles. The third kappa shape index (κ3) is 6.31. The van der Waals surface area contributed by atoms with E-state index in [9.17, 15) is 33.0 Å². The van der Waals surface area contributed by atoms with Crippen LogP contribution in [-0.2, 0) is 22.3 Å². The first-order valence-electron chi connectivity index (χ1n) is 9.34. The summed E-state index contributed by atoms with van der Waals surface area (Å²) in [6, 6.07) is 3.85. The SMILES string of the molecule is CC(C)CC(NCC(C(=O)O)c1cncn1Cc1cccc(C(F)(F)F)c1)C(=O)O. The molecule has 2 unspecified atom stereocenters. The van der Waals surface area contributed by atoms with Crippen LogP contribution >= 0.6 is 0 Å². The van der Waals surface area contributed by atoms with Crippen LogP contribution in [0.1, 0.15) is 43.0 Å². The maximum absolute atomic E-state index is 12.9. The Labute approximate surface area is 171 Å². The topological polar surface area (TPSA) is 104 Å². The van der Waals surface area contributed by atoms with E-state index < -0.39 is 35.6 Å². The minimum atomic E-state index is -4.48. The number of nitrogens with one attached hydrogen (secondary N) is 1. The van der Waals surface area contributed by atoms with Gasteiger partial charge in [0.05, 0.1) is 17.6 Å². The van der Waals surface area contributed by atoms with Crippen LogP contribution in [0.15, 0.2) is 36.8 Å². The van der Waals surface area contributed by atoms with Crippen molar-refractivity contribution in [2.45, 2.75) is 44.9 Å². The highest BCUT2D eigenvalue weighted by atomic mass is 19.4. The lowest BCUT2D eigenvalue weighted by molar-refractivity contribution is -0.142. The van der Waals surface area contributed by atoms with Crippen molar-refractivity contribution in [1.82, 2.24) is 14.9 Å². The fourth-order valence-electron chi connectivity index (χ4n) is 3.12. The molecular weight excluding hydrogens is 403 g/mol. The van der Waals surface area contributed by atoms with Crippen molar-refractivity contribution in [1.29, 1.82) is 0 Å². The zero-order chi connectivity index (χ0) is 22.5. The highest BCUT2D eigenvalue weighted by molar-refractivity contribution is 5.76. The van der Waals surface area contributed by atoms with Crippen molar-refractivity contribution in [3.8, 4) is 0 Å². The van der Waals surface area contributed by atoms with Crippen LogP contribution in [0.25, 0.3) is 0 Å². The van der Waals surface area contributed by atoms with E-state index in [4.69, 9.17) is 0 Å². The molecule has 0 fully saturated rings. The predicted octanol–water partition coefficient (Wildman–Crippen LogP) is 3.21. The van der Waals surface area contributed by atoms with E-state index in [1.165, 1.54) is 29.2 Å². The first-order chi connectivity index (χ1) is 14.0. The Morgan fingerprint density at radius 1 is 1.20 bits per heavy atom. The van der Waals surface area contributed by atoms with Gasteiger partial charge in [-0.15, -0.1) is 0 Å². The van der Waals surface area contributed by atoms with Crippen LogP contribution in [0.2, 0.25) is 0 Å². The van der Waals surface area contributed by atoms with Gasteiger partial charge >= 0.3 is 18.1 Å². The van der Waals surface area contributed by atoms with Gasteiger partial charge in [-0.05, 0) is 30.0 Å². The average Bonchev–Trinajstić information content (AvgIpc) is 3.07. The van der Waals surface area contributed by atoms with Crippen LogP contribution < -0.4 is 5.32 Å². The Hall–Kier alpha value is -2.88. The summed E-state index contributed by atoms with van der Waals surface area (Å²) in [6.07, 6.45) is -1.49. The molecule has 0 aliphatic rings. The van der Waals surface area contributed by atoms with Gasteiger partial charge in [-0.3, -0.25) is 9.59 Å². The van der Waals surface area contributed by atoms with Gasteiger partial charge in [0, 0.05) is 19.3 Å². The number of nitrogens with zero attached hydrogens (tertiary/aromatic N) is 2. The highest BCUT2D eigenvalue weighted by Gasteiger charge is 2.31. The second-order valence-electron chi connectivity index (χ2n) is 7.46. The standard InChI is InChI=1S/C20H24F3N3O4/c1-12(2)6-16(19(29)30)25-8-15(18(27)28)17-9-24-11-26(17)10-13-4-3-5-14(7-13)20(21,22)23/h3-5,7,9,11-12,15-16,25H,6,8,10H2,1-2H3,(H,27,28)(H,29,30). The first-order valence-corrected chi connectivity index (χ1v) is 9.34. The van der Waals surface area contributed by atoms with Gasteiger partial charge in [0.2, 0.25) is 0 Å². The van der Waals surface area contributed by atoms with Gasteiger partial charge < -0.3 is 20.1 Å². The quantitative estimate of drug-likeness (QED) is 0.538. The van der Waals surface area contributed by atoms with Gasteiger partial charge in [0.15, 0.2) is 0 Å². The first kappa shape index (κ1) is 23.4. The average molecular weight is 427 g/mol. The zero-order valence-electron chi connectivity index (χ0n) is 16.6. The fourth-order valence-corrected chi connectivity index (χ4v) is 3.12. The molecule has 0 aliphatic heterocycles. The van der Waals surface area contributed by atoms with Crippen LogP contribution in [-0.4, -0.2) is 44.3 Å². The minimum absolute atomic E-state index is 0.00259. The Balaban J connectivity index is 2.21. The maximum atomic E-state index is 12.9. The number of aliphatic carboxylic acids is 2. The summed E-state index contributed by atoms with van der Waals surface area (Å²) in [5, 5.41) is 21.7. The molecule has 30 heavy (non-hydrogen) atoms. The summed E-state index contributed by atoms with van der Waals surface area (Å²) < 4.78 is 40.3. The number of hydrogen-bond acceptors (Lipinski definition) is 4. The number of imidazole rings is 1. The molecule has 2 rings (SSSR count). The van der Waals surface area contributed by atoms with Crippen LogP contribution in [0.3, 0.4) is 0 Å². The van der Waals surface area contributed by atoms with Crippen molar-refractivity contribution < 1.29 is 33.0 Å². The van der Waals surface area contributed by atoms with E-state index in [-0.39, 0.29) is 24.7 Å². The largest absolute Gasteiger partial charge is 0.481 e. The number of benzene rings is 1. The zero-order valence-corrected chi connectivity index (χ0v) is 16.6. The second kappa shape index (κ2) is 9.75. The molecule has 3 N–H and O–H groups in total. The van der Waals surface area contributed by atoms with E-state index in [0.717, 1.165) is 12.1 Å². The van der Waals surface area contributed by atoms with Crippen molar-refractivity contribution in [2.75, 3.05) is 6.54 Å². The smallest absolute Gasteiger partial charge is 0.416 e. The van der Waals surface area contributed by atoms with Crippen LogP contribution in [0, 0.1) is 5.92 Å². The van der Waals surface area contributed by atoms with Crippen molar-refractivity contribution in [3.63, 3.8) is 0 Å². The van der Waals surface area contributed by atoms with Crippen LogP contribution in [0.5, 0.6) is 0 Å². The normalized spacial score (nSPS) is 13.9. The second-order valence-corrected chi connectivity index (χ2v) is 7.46. The summed E-state index contributed by atoms with van der Waals surface area (Å²) in [7, 11) is 0. The molecule has 2 aromatic rings. The molecule has 0 saturated carbocycles. The molecule has 0 spiro atoms. The molecule has 1 aromatic heterocycles. The number of alkyl halides is 3. The van der Waals surface area contributed by atoms with Crippen LogP contribution in [0.4, 0.5) is 13.2 Å². The van der Waals surface area contributed by atoms with Gasteiger partial charge in [0.25, 0.3) is 0 Å². The molecule has 0 bridgehead atoms. The van der Waals surface area contributed by atoms with Crippen molar-refractivity contribution in [3.05, 3.63) is 53.6 Å². The molecule has 10 heteroatoms. The fraction of sp³-hybridized carbons (Fsp3) is 0.450. The number of rotatable bonds is 10. The minimum Gasteiger partial charge on any atom is -0.481 e. The number of carboxylic acids is 2. The lowest BCUT2D eigenvalue weighted by Gasteiger charge is -2.20. The van der Waals surface area contributed by atoms with E-state index in [1.54, 1.807) is 0 Å². The molecule has 2 atom stereocenters. The molecule has 1 aromatic carbocycles. The Morgan fingerprint density at radius 2 is 1.90 bits per heavy atom.